The monoisotopic (exact) mass is 360 g/mol. The van der Waals surface area contributed by atoms with E-state index < -0.39 is 32.3 Å². The van der Waals surface area contributed by atoms with Gasteiger partial charge in [-0.2, -0.15) is 0 Å². The Morgan fingerprint density at radius 1 is 1.13 bits per heavy atom. The van der Waals surface area contributed by atoms with Gasteiger partial charge in [-0.25, -0.2) is 21.9 Å². The Hall–Kier alpha value is -2.04. The molecular formula is C13H10F2N2O4S2. The van der Waals surface area contributed by atoms with Crippen LogP contribution in [0.3, 0.4) is 0 Å². The lowest BCUT2D eigenvalue weighted by Crippen LogP contribution is -2.18. The molecule has 2 aromatic rings. The summed E-state index contributed by atoms with van der Waals surface area (Å²) in [6.07, 6.45) is 0. The van der Waals surface area contributed by atoms with E-state index in [0.717, 1.165) is 30.0 Å². The first kappa shape index (κ1) is 17.3. The summed E-state index contributed by atoms with van der Waals surface area (Å²) in [5.74, 6) is -2.11. The Balaban J connectivity index is 2.46. The Bertz CT molecular complexity index is 872. The molecule has 2 rings (SSSR count). The minimum absolute atomic E-state index is 0.107. The number of hydrogen-bond donors (Lipinski definition) is 1. The molecule has 23 heavy (non-hydrogen) atoms. The molecule has 122 valence electrons. The second-order valence-electron chi connectivity index (χ2n) is 4.27. The highest BCUT2D eigenvalue weighted by atomic mass is 32.2. The number of rotatable bonds is 5. The van der Waals surface area contributed by atoms with Crippen molar-refractivity contribution in [2.45, 2.75) is 14.7 Å². The zero-order valence-corrected chi connectivity index (χ0v) is 13.2. The molecule has 2 aromatic carbocycles. The van der Waals surface area contributed by atoms with Gasteiger partial charge in [0.15, 0.2) is 11.6 Å². The molecule has 0 saturated carbocycles. The van der Waals surface area contributed by atoms with Crippen molar-refractivity contribution < 1.29 is 22.1 Å². The largest absolute Gasteiger partial charge is 0.284 e. The number of sulfonamides is 1. The van der Waals surface area contributed by atoms with Gasteiger partial charge < -0.3 is 0 Å². The van der Waals surface area contributed by atoms with E-state index in [-0.39, 0.29) is 14.7 Å². The Morgan fingerprint density at radius 3 is 2.39 bits per heavy atom. The second-order valence-corrected chi connectivity index (χ2v) is 7.27. The summed E-state index contributed by atoms with van der Waals surface area (Å²) in [4.78, 5) is 10.5. The molecule has 0 bridgehead atoms. The van der Waals surface area contributed by atoms with Crippen molar-refractivity contribution in [2.24, 2.45) is 0 Å². The SMILES string of the molecule is CNS(=O)(=O)c1ccc(Sc2ccc(F)c(F)c2)c([N+](=O)[O-])c1. The fourth-order valence-corrected chi connectivity index (χ4v) is 3.35. The topological polar surface area (TPSA) is 89.3 Å². The molecule has 1 N–H and O–H groups in total. The number of hydrogen-bond acceptors (Lipinski definition) is 5. The van der Waals surface area contributed by atoms with Gasteiger partial charge in [-0.3, -0.25) is 10.1 Å². The fourth-order valence-electron chi connectivity index (χ4n) is 1.68. The van der Waals surface area contributed by atoms with Crippen LogP contribution in [0.5, 0.6) is 0 Å². The van der Waals surface area contributed by atoms with Crippen LogP contribution in [0.15, 0.2) is 51.1 Å². The van der Waals surface area contributed by atoms with Gasteiger partial charge >= 0.3 is 0 Å². The maximum absolute atomic E-state index is 13.2. The zero-order valence-electron chi connectivity index (χ0n) is 11.6. The molecule has 0 spiro atoms. The summed E-state index contributed by atoms with van der Waals surface area (Å²) in [5.41, 5.74) is -0.448. The van der Waals surface area contributed by atoms with Gasteiger partial charge in [0, 0.05) is 11.0 Å². The highest BCUT2D eigenvalue weighted by Crippen LogP contribution is 2.36. The van der Waals surface area contributed by atoms with Crippen molar-refractivity contribution in [1.82, 2.24) is 4.72 Å². The zero-order chi connectivity index (χ0) is 17.2. The van der Waals surface area contributed by atoms with Crippen LogP contribution < -0.4 is 4.72 Å². The van der Waals surface area contributed by atoms with Crippen LogP contribution in [0, 0.1) is 21.7 Å². The van der Waals surface area contributed by atoms with Crippen molar-refractivity contribution in [1.29, 1.82) is 0 Å². The molecule has 0 heterocycles. The minimum Gasteiger partial charge on any atom is -0.258 e. The maximum Gasteiger partial charge on any atom is 0.284 e. The van der Waals surface area contributed by atoms with E-state index >= 15 is 0 Å². The van der Waals surface area contributed by atoms with Gasteiger partial charge in [0.2, 0.25) is 10.0 Å². The number of nitrogens with one attached hydrogen (secondary N) is 1. The minimum atomic E-state index is -3.83. The lowest BCUT2D eigenvalue weighted by Gasteiger charge is -2.06. The number of nitrogens with zero attached hydrogens (tertiary/aromatic N) is 1. The number of benzene rings is 2. The molecule has 0 aliphatic carbocycles. The third-order valence-corrected chi connectivity index (χ3v) is 5.29. The molecule has 0 atom stereocenters. The molecule has 0 aliphatic rings. The number of nitro benzene ring substituents is 1. The average molecular weight is 360 g/mol. The standard InChI is InChI=1S/C13H10F2N2O4S2/c1-16-23(20,21)9-3-5-13(12(7-9)17(18)19)22-8-2-4-10(14)11(15)6-8/h2-7,16H,1H3. The van der Waals surface area contributed by atoms with Gasteiger partial charge in [0.25, 0.3) is 5.69 Å². The Kier molecular flexibility index (Phi) is 4.97. The highest BCUT2D eigenvalue weighted by molar-refractivity contribution is 7.99. The summed E-state index contributed by atoms with van der Waals surface area (Å²) in [6, 6.07) is 6.43. The first-order valence-electron chi connectivity index (χ1n) is 6.09. The molecular weight excluding hydrogens is 350 g/mol. The first-order chi connectivity index (χ1) is 10.7. The van der Waals surface area contributed by atoms with Crippen LogP contribution in [-0.2, 0) is 10.0 Å². The van der Waals surface area contributed by atoms with Gasteiger partial charge in [-0.15, -0.1) is 0 Å². The molecule has 0 amide bonds. The molecule has 6 nitrogen and oxygen atoms in total. The van der Waals surface area contributed by atoms with Crippen LogP contribution in [0.4, 0.5) is 14.5 Å². The average Bonchev–Trinajstić information content (AvgIpc) is 2.51. The van der Waals surface area contributed by atoms with E-state index in [1.165, 1.54) is 25.2 Å². The fraction of sp³-hybridized carbons (Fsp3) is 0.0769. The van der Waals surface area contributed by atoms with Gasteiger partial charge in [0.05, 0.1) is 14.7 Å². The predicted octanol–water partition coefficient (Wildman–Crippen LogP) is 2.93. The van der Waals surface area contributed by atoms with E-state index in [1.54, 1.807) is 0 Å². The smallest absolute Gasteiger partial charge is 0.258 e. The van der Waals surface area contributed by atoms with Crippen LogP contribution >= 0.6 is 11.8 Å². The normalized spacial score (nSPS) is 11.4. The van der Waals surface area contributed by atoms with E-state index in [4.69, 9.17) is 0 Å². The second kappa shape index (κ2) is 6.60. The molecule has 0 saturated heterocycles. The number of halogens is 2. The third kappa shape index (κ3) is 3.84. The lowest BCUT2D eigenvalue weighted by molar-refractivity contribution is -0.388. The Morgan fingerprint density at radius 2 is 1.83 bits per heavy atom. The lowest BCUT2D eigenvalue weighted by atomic mass is 10.3. The predicted molar refractivity (Wildman–Crippen MR) is 79.8 cm³/mol. The van der Waals surface area contributed by atoms with E-state index in [1.807, 2.05) is 0 Å². The summed E-state index contributed by atoms with van der Waals surface area (Å²) in [7, 11) is -2.64. The summed E-state index contributed by atoms with van der Waals surface area (Å²) < 4.78 is 51.5. The van der Waals surface area contributed by atoms with Crippen molar-refractivity contribution >= 4 is 27.5 Å². The van der Waals surface area contributed by atoms with E-state index in [9.17, 15) is 27.3 Å². The van der Waals surface area contributed by atoms with E-state index in [2.05, 4.69) is 4.72 Å². The van der Waals surface area contributed by atoms with Crippen molar-refractivity contribution in [3.05, 3.63) is 58.1 Å². The maximum atomic E-state index is 13.2. The first-order valence-corrected chi connectivity index (χ1v) is 8.39. The molecule has 0 aromatic heterocycles. The summed E-state index contributed by atoms with van der Waals surface area (Å²) in [5, 5.41) is 11.1. The van der Waals surface area contributed by atoms with Crippen LogP contribution in [0.2, 0.25) is 0 Å². The van der Waals surface area contributed by atoms with Gasteiger partial charge in [-0.1, -0.05) is 11.8 Å². The number of nitro groups is 1. The molecule has 0 fully saturated rings. The van der Waals surface area contributed by atoms with Crippen molar-refractivity contribution in [3.8, 4) is 0 Å². The third-order valence-electron chi connectivity index (χ3n) is 2.83. The van der Waals surface area contributed by atoms with Crippen molar-refractivity contribution in [2.75, 3.05) is 7.05 Å². The summed E-state index contributed by atoms with van der Waals surface area (Å²) in [6.45, 7) is 0. The molecule has 10 heteroatoms. The van der Waals surface area contributed by atoms with Gasteiger partial charge in [0.1, 0.15) is 0 Å². The Labute approximate surface area is 134 Å². The highest BCUT2D eigenvalue weighted by Gasteiger charge is 2.21. The summed E-state index contributed by atoms with van der Waals surface area (Å²) >= 11 is 0.829. The quantitative estimate of drug-likeness (QED) is 0.654. The van der Waals surface area contributed by atoms with Crippen molar-refractivity contribution in [3.63, 3.8) is 0 Å². The molecule has 0 unspecified atom stereocenters. The molecule has 0 radical (unpaired) electrons. The van der Waals surface area contributed by atoms with Gasteiger partial charge in [-0.05, 0) is 37.4 Å². The van der Waals surface area contributed by atoms with Crippen LogP contribution in [-0.4, -0.2) is 20.4 Å². The molecule has 0 aliphatic heterocycles. The van der Waals surface area contributed by atoms with Crippen LogP contribution in [0.1, 0.15) is 0 Å². The van der Waals surface area contributed by atoms with E-state index in [0.29, 0.717) is 0 Å². The van der Waals surface area contributed by atoms with Crippen LogP contribution in [0.25, 0.3) is 0 Å².